The molecule has 2 saturated heterocycles. The maximum absolute atomic E-state index is 14.1. The fraction of sp³-hybridized carbons (Fsp3) is 0.462. The summed E-state index contributed by atoms with van der Waals surface area (Å²) in [7, 11) is 1.91. The Morgan fingerprint density at radius 3 is 2.54 bits per heavy atom. The van der Waals surface area contributed by atoms with Crippen LogP contribution in [0.25, 0.3) is 22.2 Å². The molecular formula is C26H31F3IN8O-. The number of piperazine rings is 1. The number of aromatic nitrogens is 6. The van der Waals surface area contributed by atoms with Crippen LogP contribution < -0.4 is 24.0 Å². The van der Waals surface area contributed by atoms with Gasteiger partial charge < -0.3 is 0 Å². The van der Waals surface area contributed by atoms with Crippen molar-refractivity contribution in [3.05, 3.63) is 57.4 Å². The van der Waals surface area contributed by atoms with E-state index in [0.29, 0.717) is 39.9 Å². The number of hydrogen-bond donors (Lipinski definition) is 2. The molecule has 0 amide bonds. The van der Waals surface area contributed by atoms with E-state index in [9.17, 15) is 13.2 Å². The third-order valence-electron chi connectivity index (χ3n) is 7.71. The van der Waals surface area contributed by atoms with Crippen molar-refractivity contribution in [1.82, 2.24) is 38.4 Å². The fourth-order valence-electron chi connectivity index (χ4n) is 5.34. The zero-order chi connectivity index (χ0) is 27.4. The molecule has 0 spiro atoms. The number of ether oxygens (including phenoxy) is 1. The van der Waals surface area contributed by atoms with Crippen LogP contribution >= 0.6 is 0 Å². The van der Waals surface area contributed by atoms with Crippen LogP contribution in [0.3, 0.4) is 0 Å². The first-order chi connectivity index (χ1) is 18.6. The van der Waals surface area contributed by atoms with E-state index in [1.807, 2.05) is 35.9 Å². The average molecular weight is 655 g/mol. The Hall–Kier alpha value is -2.62. The van der Waals surface area contributed by atoms with Gasteiger partial charge in [-0.3, -0.25) is 0 Å². The maximum atomic E-state index is 14.1. The Kier molecular flexibility index (Phi) is 6.67. The number of nitrogens with zero attached hydrogens (tertiary/aromatic N) is 6. The van der Waals surface area contributed by atoms with E-state index in [1.54, 1.807) is 6.33 Å². The molecule has 1 aromatic carbocycles. The molecule has 9 nitrogen and oxygen atoms in total. The van der Waals surface area contributed by atoms with Crippen molar-refractivity contribution >= 4 is 10.9 Å². The molecule has 2 aliphatic heterocycles. The molecule has 4 aromatic rings. The molecule has 6 rings (SSSR count). The van der Waals surface area contributed by atoms with E-state index in [-0.39, 0.29) is 5.41 Å². The number of fused-ring (bicyclic) bond motifs is 1. The van der Waals surface area contributed by atoms with E-state index >= 15 is 0 Å². The molecule has 2 N–H and O–H groups in total. The van der Waals surface area contributed by atoms with Crippen LogP contribution in [0.5, 0.6) is 0 Å². The molecule has 5 heterocycles. The number of pyridine rings is 1. The molecule has 2 fully saturated rings. The van der Waals surface area contributed by atoms with Crippen molar-refractivity contribution in [3.63, 3.8) is 0 Å². The number of aromatic amines is 1. The SMILES string of the molecule is Cn1cnnc1CC1(c2cccc(-c3n[nH]c4c([I-](C)(C)N5CCNCC5)nc(C(F)(F)F)cc34)c2)COC1. The number of alkyl halides is 5. The summed E-state index contributed by atoms with van der Waals surface area (Å²) in [5.41, 5.74) is 1.72. The fourth-order valence-corrected chi connectivity index (χ4v) is 11.5. The third kappa shape index (κ3) is 4.72. The Bertz CT molecular complexity index is 1500. The molecular weight excluding hydrogens is 624 g/mol. The van der Waals surface area contributed by atoms with Gasteiger partial charge in [0, 0.05) is 0 Å². The van der Waals surface area contributed by atoms with Gasteiger partial charge in [0.25, 0.3) is 0 Å². The summed E-state index contributed by atoms with van der Waals surface area (Å²) in [6, 6.07) is 9.01. The summed E-state index contributed by atoms with van der Waals surface area (Å²) in [4.78, 5) is 8.45. The Balaban J connectivity index is 1.45. The third-order valence-corrected chi connectivity index (χ3v) is 15.4. The van der Waals surface area contributed by atoms with E-state index in [0.717, 1.165) is 49.2 Å². The van der Waals surface area contributed by atoms with Gasteiger partial charge in [-0.2, -0.15) is 0 Å². The van der Waals surface area contributed by atoms with Crippen molar-refractivity contribution < 1.29 is 36.6 Å². The molecule has 0 radical (unpaired) electrons. The number of nitrogens with one attached hydrogen (secondary N) is 2. The van der Waals surface area contributed by atoms with Gasteiger partial charge in [-0.25, -0.2) is 0 Å². The summed E-state index contributed by atoms with van der Waals surface area (Å²) < 4.78 is 52.8. The Morgan fingerprint density at radius 1 is 1.13 bits per heavy atom. The first-order valence-electron chi connectivity index (χ1n) is 12.7. The van der Waals surface area contributed by atoms with Crippen LogP contribution in [0.1, 0.15) is 17.1 Å². The van der Waals surface area contributed by atoms with Gasteiger partial charge >= 0.3 is 229 Å². The molecule has 0 unspecified atom stereocenters. The number of aryl methyl sites for hydroxylation is 1. The second-order valence-corrected chi connectivity index (χ2v) is 19.6. The van der Waals surface area contributed by atoms with Crippen molar-refractivity contribution in [2.45, 2.75) is 18.0 Å². The topological polar surface area (TPSA) is 96.8 Å². The standard InChI is InChI=1S/C26H31F3IN8O/c1-30(2,38-9-7-31-8-10-38)24-23-19(12-20(33-24)26(27,28)29)22(35-36-23)17-5-4-6-18(11-17)25(14-39-15-25)13-21-34-32-16-37(21)3/h4-6,11-12,16,31H,7-10,13-15H2,1-3H3,(H,35,36)/q-1. The van der Waals surface area contributed by atoms with Gasteiger partial charge in [0.2, 0.25) is 0 Å². The second-order valence-electron chi connectivity index (χ2n) is 10.5. The van der Waals surface area contributed by atoms with Crippen LogP contribution in [0.2, 0.25) is 0 Å². The normalized spacial score (nSPS) is 18.8. The van der Waals surface area contributed by atoms with Crippen molar-refractivity contribution in [2.24, 2.45) is 7.05 Å². The van der Waals surface area contributed by atoms with E-state index in [1.165, 1.54) is 0 Å². The molecule has 0 saturated carbocycles. The zero-order valence-corrected chi connectivity index (χ0v) is 24.2. The number of H-pyrrole nitrogens is 1. The van der Waals surface area contributed by atoms with Crippen LogP contribution in [-0.2, 0) is 29.8 Å². The number of halogens is 4. The van der Waals surface area contributed by atoms with Gasteiger partial charge in [-0.15, -0.1) is 0 Å². The molecule has 13 heteroatoms. The molecule has 0 aliphatic carbocycles. The minimum atomic E-state index is -4.57. The summed E-state index contributed by atoms with van der Waals surface area (Å²) in [6.07, 6.45) is -2.25. The van der Waals surface area contributed by atoms with Crippen molar-refractivity contribution in [3.8, 4) is 11.3 Å². The minimum absolute atomic E-state index is 0.286. The number of benzene rings is 1. The first-order valence-corrected chi connectivity index (χ1v) is 19.0. The first kappa shape index (κ1) is 26.6. The average Bonchev–Trinajstić information content (AvgIpc) is 3.51. The van der Waals surface area contributed by atoms with Gasteiger partial charge in [0.05, 0.1) is 0 Å². The summed E-state index contributed by atoms with van der Waals surface area (Å²) in [6.45, 7) is 4.28. The van der Waals surface area contributed by atoms with Gasteiger partial charge in [-0.1, -0.05) is 0 Å². The zero-order valence-electron chi connectivity index (χ0n) is 22.0. The Labute approximate surface area is 228 Å². The van der Waals surface area contributed by atoms with Crippen LogP contribution in [0.15, 0.2) is 36.7 Å². The van der Waals surface area contributed by atoms with Crippen molar-refractivity contribution in [2.75, 3.05) is 49.3 Å². The molecule has 0 bridgehead atoms. The second kappa shape index (κ2) is 9.78. The predicted molar refractivity (Wildman–Crippen MR) is 137 cm³/mol. The molecule has 3 aromatic heterocycles. The van der Waals surface area contributed by atoms with Gasteiger partial charge in [0.15, 0.2) is 0 Å². The van der Waals surface area contributed by atoms with Crippen LogP contribution in [-0.4, -0.2) is 82.3 Å². The number of rotatable bonds is 6. The summed E-state index contributed by atoms with van der Waals surface area (Å²) in [5, 5.41) is 19.7. The predicted octanol–water partition coefficient (Wildman–Crippen LogP) is -0.307. The van der Waals surface area contributed by atoms with E-state index in [2.05, 4.69) is 43.7 Å². The summed E-state index contributed by atoms with van der Waals surface area (Å²) >= 11 is -3.07. The van der Waals surface area contributed by atoms with Crippen molar-refractivity contribution in [1.29, 1.82) is 0 Å². The number of hydrogen-bond acceptors (Lipinski definition) is 7. The van der Waals surface area contributed by atoms with Crippen LogP contribution in [0.4, 0.5) is 13.2 Å². The Morgan fingerprint density at radius 2 is 1.90 bits per heavy atom. The van der Waals surface area contributed by atoms with Gasteiger partial charge in [0.1, 0.15) is 0 Å². The molecule has 2 aliphatic rings. The van der Waals surface area contributed by atoms with Crippen LogP contribution in [0, 0.1) is 3.70 Å². The quantitative estimate of drug-likeness (QED) is 0.128. The summed E-state index contributed by atoms with van der Waals surface area (Å²) in [5.74, 6) is 0.848. The molecule has 210 valence electrons. The van der Waals surface area contributed by atoms with Gasteiger partial charge in [-0.05, 0) is 0 Å². The molecule has 0 atom stereocenters. The van der Waals surface area contributed by atoms with E-state index < -0.39 is 30.6 Å². The van der Waals surface area contributed by atoms with E-state index in [4.69, 9.17) is 4.74 Å². The monoisotopic (exact) mass is 655 g/mol. The molecule has 39 heavy (non-hydrogen) atoms.